The summed E-state index contributed by atoms with van der Waals surface area (Å²) in [6.45, 7) is 2.17. The average Bonchev–Trinajstić information content (AvgIpc) is 2.73. The molecule has 0 spiro atoms. The highest BCUT2D eigenvalue weighted by Gasteiger charge is 2.23. The molecule has 0 radical (unpaired) electrons. The van der Waals surface area contributed by atoms with E-state index in [0.717, 1.165) is 37.9 Å². The van der Waals surface area contributed by atoms with Gasteiger partial charge < -0.3 is 10.1 Å². The molecule has 1 N–H and O–H groups in total. The van der Waals surface area contributed by atoms with Gasteiger partial charge >= 0.3 is 0 Å². The van der Waals surface area contributed by atoms with E-state index in [1.165, 1.54) is 11.1 Å². The number of aryl methyl sites for hydroxylation is 1. The summed E-state index contributed by atoms with van der Waals surface area (Å²) >= 11 is 0. The van der Waals surface area contributed by atoms with Gasteiger partial charge in [0.15, 0.2) is 9.84 Å². The van der Waals surface area contributed by atoms with E-state index < -0.39 is 9.84 Å². The highest BCUT2D eigenvalue weighted by molar-refractivity contribution is 7.91. The summed E-state index contributed by atoms with van der Waals surface area (Å²) in [5, 5.41) is 3.77. The fourth-order valence-electron chi connectivity index (χ4n) is 4.09. The van der Waals surface area contributed by atoms with Gasteiger partial charge in [-0.05, 0) is 67.9 Å². The van der Waals surface area contributed by atoms with Crippen molar-refractivity contribution in [1.82, 2.24) is 5.32 Å². The zero-order chi connectivity index (χ0) is 20.0. The van der Waals surface area contributed by atoms with Crippen molar-refractivity contribution in [2.45, 2.75) is 62.4 Å². The van der Waals surface area contributed by atoms with Crippen LogP contribution in [0.3, 0.4) is 0 Å². The monoisotopic (exact) mass is 401 g/mol. The SMILES string of the molecule is CCC(CCCS(=O)(=O)c1ccccc1)NC1CCc2cccc(OC)c2C1. The van der Waals surface area contributed by atoms with Crippen molar-refractivity contribution in [3.8, 4) is 5.75 Å². The Hall–Kier alpha value is -1.85. The number of hydrogen-bond acceptors (Lipinski definition) is 4. The second-order valence-corrected chi connectivity index (χ2v) is 9.69. The number of hydrogen-bond donors (Lipinski definition) is 1. The van der Waals surface area contributed by atoms with Crippen LogP contribution in [0.15, 0.2) is 53.4 Å². The summed E-state index contributed by atoms with van der Waals surface area (Å²) in [6.07, 6.45) is 5.69. The number of nitrogens with one attached hydrogen (secondary N) is 1. The van der Waals surface area contributed by atoms with E-state index in [4.69, 9.17) is 4.74 Å². The number of methoxy groups -OCH3 is 1. The molecule has 1 aliphatic carbocycles. The van der Waals surface area contributed by atoms with Crippen LogP contribution in [0.25, 0.3) is 0 Å². The van der Waals surface area contributed by atoms with Crippen molar-refractivity contribution in [2.24, 2.45) is 0 Å². The molecule has 3 rings (SSSR count). The van der Waals surface area contributed by atoms with E-state index in [0.29, 0.717) is 23.4 Å². The van der Waals surface area contributed by atoms with Crippen molar-refractivity contribution in [2.75, 3.05) is 12.9 Å². The van der Waals surface area contributed by atoms with Gasteiger partial charge in [0.2, 0.25) is 0 Å². The van der Waals surface area contributed by atoms with Crippen molar-refractivity contribution in [1.29, 1.82) is 0 Å². The van der Waals surface area contributed by atoms with Crippen molar-refractivity contribution in [3.05, 3.63) is 59.7 Å². The van der Waals surface area contributed by atoms with Gasteiger partial charge in [-0.1, -0.05) is 37.3 Å². The highest BCUT2D eigenvalue weighted by Crippen LogP contribution is 2.30. The first-order chi connectivity index (χ1) is 13.5. The van der Waals surface area contributed by atoms with Gasteiger partial charge in [0.25, 0.3) is 0 Å². The molecule has 0 saturated heterocycles. The second kappa shape index (κ2) is 9.57. The maximum absolute atomic E-state index is 12.5. The van der Waals surface area contributed by atoms with E-state index in [-0.39, 0.29) is 5.75 Å². The molecule has 2 aromatic rings. The van der Waals surface area contributed by atoms with Crippen LogP contribution in [-0.2, 0) is 22.7 Å². The Labute approximate surface area is 169 Å². The van der Waals surface area contributed by atoms with Gasteiger partial charge in [0.1, 0.15) is 5.75 Å². The molecule has 0 aromatic heterocycles. The quantitative estimate of drug-likeness (QED) is 0.685. The fraction of sp³-hybridized carbons (Fsp3) is 0.478. The van der Waals surface area contributed by atoms with Crippen LogP contribution >= 0.6 is 0 Å². The van der Waals surface area contributed by atoms with Gasteiger partial charge in [-0.2, -0.15) is 0 Å². The predicted octanol–water partition coefficient (Wildman–Crippen LogP) is 4.17. The Morgan fingerprint density at radius 3 is 2.64 bits per heavy atom. The lowest BCUT2D eigenvalue weighted by Gasteiger charge is -2.30. The highest BCUT2D eigenvalue weighted by atomic mass is 32.2. The van der Waals surface area contributed by atoms with Gasteiger partial charge in [-0.15, -0.1) is 0 Å². The van der Waals surface area contributed by atoms with Crippen LogP contribution in [0.1, 0.15) is 43.7 Å². The van der Waals surface area contributed by atoms with E-state index in [1.807, 2.05) is 12.1 Å². The molecule has 2 aromatic carbocycles. The maximum Gasteiger partial charge on any atom is 0.178 e. The average molecular weight is 402 g/mol. The molecule has 0 heterocycles. The molecule has 0 aliphatic heterocycles. The van der Waals surface area contributed by atoms with Gasteiger partial charge in [0.05, 0.1) is 17.8 Å². The largest absolute Gasteiger partial charge is 0.496 e. The molecule has 0 fully saturated rings. The first-order valence-corrected chi connectivity index (χ1v) is 11.9. The Morgan fingerprint density at radius 2 is 1.93 bits per heavy atom. The Balaban J connectivity index is 1.54. The minimum atomic E-state index is -3.19. The van der Waals surface area contributed by atoms with Gasteiger partial charge in [-0.3, -0.25) is 0 Å². The minimum Gasteiger partial charge on any atom is -0.496 e. The van der Waals surface area contributed by atoms with Gasteiger partial charge in [0, 0.05) is 12.1 Å². The van der Waals surface area contributed by atoms with Crippen LogP contribution in [0.4, 0.5) is 0 Å². The first kappa shape index (κ1) is 20.9. The first-order valence-electron chi connectivity index (χ1n) is 10.2. The van der Waals surface area contributed by atoms with Crippen LogP contribution in [0.2, 0.25) is 0 Å². The topological polar surface area (TPSA) is 55.4 Å². The predicted molar refractivity (Wildman–Crippen MR) is 114 cm³/mol. The number of rotatable bonds is 9. The molecule has 1 aliphatic rings. The summed E-state index contributed by atoms with van der Waals surface area (Å²) < 4.78 is 30.5. The van der Waals surface area contributed by atoms with Crippen LogP contribution in [-0.4, -0.2) is 33.4 Å². The number of fused-ring (bicyclic) bond motifs is 1. The number of benzene rings is 2. The third-order valence-electron chi connectivity index (χ3n) is 5.69. The lowest BCUT2D eigenvalue weighted by molar-refractivity contribution is 0.357. The summed E-state index contributed by atoms with van der Waals surface area (Å²) in [5.74, 6) is 1.18. The standard InChI is InChI=1S/C23H31NO3S/c1-3-19(10-8-16-28(25,26)21-11-5-4-6-12-21)24-20-15-14-18-9-7-13-23(27-2)22(18)17-20/h4-7,9,11-13,19-20,24H,3,8,10,14-17H2,1-2H3. The summed E-state index contributed by atoms with van der Waals surface area (Å²) in [7, 11) is -1.46. The number of sulfone groups is 1. The third-order valence-corrected chi connectivity index (χ3v) is 7.51. The zero-order valence-corrected chi connectivity index (χ0v) is 17.7. The maximum atomic E-state index is 12.5. The van der Waals surface area contributed by atoms with E-state index in [2.05, 4.69) is 24.4 Å². The zero-order valence-electron chi connectivity index (χ0n) is 16.9. The molecule has 0 saturated carbocycles. The van der Waals surface area contributed by atoms with E-state index in [1.54, 1.807) is 31.4 Å². The lowest BCUT2D eigenvalue weighted by Crippen LogP contribution is -2.41. The molecular weight excluding hydrogens is 370 g/mol. The molecule has 2 unspecified atom stereocenters. The minimum absolute atomic E-state index is 0.205. The Kier molecular flexibility index (Phi) is 7.13. The molecule has 0 amide bonds. The van der Waals surface area contributed by atoms with Crippen molar-refractivity contribution in [3.63, 3.8) is 0 Å². The van der Waals surface area contributed by atoms with Crippen LogP contribution in [0, 0.1) is 0 Å². The molecule has 28 heavy (non-hydrogen) atoms. The summed E-state index contributed by atoms with van der Waals surface area (Å²) in [6, 6.07) is 15.8. The van der Waals surface area contributed by atoms with Gasteiger partial charge in [-0.25, -0.2) is 8.42 Å². The van der Waals surface area contributed by atoms with Crippen LogP contribution in [0.5, 0.6) is 5.75 Å². The number of ether oxygens (including phenoxy) is 1. The van der Waals surface area contributed by atoms with Crippen molar-refractivity contribution < 1.29 is 13.2 Å². The summed E-state index contributed by atoms with van der Waals surface area (Å²) in [5.41, 5.74) is 2.70. The Bertz CT molecular complexity index is 850. The summed E-state index contributed by atoms with van der Waals surface area (Å²) in [4.78, 5) is 0.423. The normalized spacial score (nSPS) is 17.7. The molecule has 152 valence electrons. The molecule has 2 atom stereocenters. The molecular formula is C23H31NO3S. The van der Waals surface area contributed by atoms with E-state index >= 15 is 0 Å². The third kappa shape index (κ3) is 5.15. The molecule has 5 heteroatoms. The fourth-order valence-corrected chi connectivity index (χ4v) is 5.45. The van der Waals surface area contributed by atoms with Crippen molar-refractivity contribution >= 4 is 9.84 Å². The van der Waals surface area contributed by atoms with Crippen LogP contribution < -0.4 is 10.1 Å². The lowest BCUT2D eigenvalue weighted by atomic mass is 9.87. The molecule has 4 nitrogen and oxygen atoms in total. The smallest absolute Gasteiger partial charge is 0.178 e. The second-order valence-electron chi connectivity index (χ2n) is 7.58. The Morgan fingerprint density at radius 1 is 1.14 bits per heavy atom. The van der Waals surface area contributed by atoms with E-state index in [9.17, 15) is 8.42 Å². The molecule has 0 bridgehead atoms.